The molecule has 0 fully saturated rings. The minimum Gasteiger partial charge on any atom is -0.477 e. The van der Waals surface area contributed by atoms with Crippen LogP contribution in [0.1, 0.15) is 17.4 Å². The molecule has 0 radical (unpaired) electrons. The summed E-state index contributed by atoms with van der Waals surface area (Å²) in [7, 11) is 1.67. The summed E-state index contributed by atoms with van der Waals surface area (Å²) in [6.45, 7) is 3.52. The molecule has 2 N–H and O–H groups in total. The lowest BCUT2D eigenvalue weighted by Gasteiger charge is -2.12. The van der Waals surface area contributed by atoms with Crippen molar-refractivity contribution < 1.29 is 14.6 Å². The molecule has 0 aliphatic rings. The Morgan fingerprint density at radius 3 is 2.88 bits per heavy atom. The summed E-state index contributed by atoms with van der Waals surface area (Å²) in [5.74, 6) is -0.622. The molecule has 1 aromatic heterocycles. The molecule has 16 heavy (non-hydrogen) atoms. The largest absolute Gasteiger partial charge is 0.477 e. The van der Waals surface area contributed by atoms with Crippen LogP contribution in [0.5, 0.6) is 0 Å². The van der Waals surface area contributed by atoms with Gasteiger partial charge in [0.15, 0.2) is 0 Å². The predicted molar refractivity (Wildman–Crippen MR) is 60.7 cm³/mol. The Balaban J connectivity index is 2.46. The van der Waals surface area contributed by atoms with Crippen LogP contribution < -0.4 is 5.32 Å². The van der Waals surface area contributed by atoms with E-state index in [1.54, 1.807) is 13.2 Å². The normalized spacial score (nSPS) is 12.1. The number of ether oxygens (including phenoxy) is 1. The Kier molecular flexibility index (Phi) is 4.72. The van der Waals surface area contributed by atoms with Gasteiger partial charge in [0.25, 0.3) is 0 Å². The van der Waals surface area contributed by atoms with Gasteiger partial charge >= 0.3 is 5.97 Å². The van der Waals surface area contributed by atoms with E-state index in [0.717, 1.165) is 12.2 Å². The second-order valence-corrected chi connectivity index (χ2v) is 3.68. The number of methoxy groups -OCH3 is 1. The topological polar surface area (TPSA) is 71.5 Å². The fourth-order valence-electron chi connectivity index (χ4n) is 1.26. The Morgan fingerprint density at radius 1 is 1.62 bits per heavy atom. The van der Waals surface area contributed by atoms with E-state index in [1.807, 2.05) is 0 Å². The van der Waals surface area contributed by atoms with E-state index in [1.165, 1.54) is 12.3 Å². The quantitative estimate of drug-likeness (QED) is 0.765. The molecule has 1 unspecified atom stereocenters. The van der Waals surface area contributed by atoms with Crippen LogP contribution in [0.25, 0.3) is 0 Å². The molecule has 1 rings (SSSR count). The van der Waals surface area contributed by atoms with Crippen LogP contribution in [0.2, 0.25) is 0 Å². The molecule has 5 nitrogen and oxygen atoms in total. The number of anilines is 1. The van der Waals surface area contributed by atoms with E-state index in [9.17, 15) is 4.79 Å². The highest BCUT2D eigenvalue weighted by atomic mass is 16.5. The maximum Gasteiger partial charge on any atom is 0.354 e. The van der Waals surface area contributed by atoms with Gasteiger partial charge < -0.3 is 15.2 Å². The van der Waals surface area contributed by atoms with Crippen molar-refractivity contribution in [3.8, 4) is 0 Å². The lowest BCUT2D eigenvalue weighted by molar-refractivity contribution is 0.0690. The SMILES string of the molecule is COCC(C)CNc1ccc(C(=O)O)nc1. The van der Waals surface area contributed by atoms with Gasteiger partial charge in [-0.2, -0.15) is 0 Å². The molecule has 1 atom stereocenters. The zero-order chi connectivity index (χ0) is 12.0. The number of carboxylic acids is 1. The maximum atomic E-state index is 10.6. The monoisotopic (exact) mass is 224 g/mol. The zero-order valence-corrected chi connectivity index (χ0v) is 9.43. The molecule has 0 spiro atoms. The van der Waals surface area contributed by atoms with E-state index in [0.29, 0.717) is 12.5 Å². The van der Waals surface area contributed by atoms with Gasteiger partial charge in [-0.3, -0.25) is 0 Å². The molecule has 0 aliphatic carbocycles. The van der Waals surface area contributed by atoms with Gasteiger partial charge in [-0.1, -0.05) is 6.92 Å². The Hall–Kier alpha value is -1.62. The smallest absolute Gasteiger partial charge is 0.354 e. The number of carbonyl (C=O) groups is 1. The highest BCUT2D eigenvalue weighted by molar-refractivity contribution is 5.85. The molecule has 0 aliphatic heterocycles. The summed E-state index contributed by atoms with van der Waals surface area (Å²) in [6, 6.07) is 3.18. The number of hydrogen-bond acceptors (Lipinski definition) is 4. The first-order valence-electron chi connectivity index (χ1n) is 5.05. The second kappa shape index (κ2) is 6.07. The summed E-state index contributed by atoms with van der Waals surface area (Å²) in [6.07, 6.45) is 1.52. The first-order valence-corrected chi connectivity index (χ1v) is 5.05. The van der Waals surface area contributed by atoms with Gasteiger partial charge in [0.2, 0.25) is 0 Å². The molecular weight excluding hydrogens is 208 g/mol. The molecule has 88 valence electrons. The lowest BCUT2D eigenvalue weighted by Crippen LogP contribution is -2.16. The van der Waals surface area contributed by atoms with E-state index < -0.39 is 5.97 Å². The van der Waals surface area contributed by atoms with Crippen molar-refractivity contribution >= 4 is 11.7 Å². The van der Waals surface area contributed by atoms with Crippen molar-refractivity contribution in [1.29, 1.82) is 0 Å². The van der Waals surface area contributed by atoms with E-state index >= 15 is 0 Å². The van der Waals surface area contributed by atoms with Crippen LogP contribution in [0.3, 0.4) is 0 Å². The average molecular weight is 224 g/mol. The van der Waals surface area contributed by atoms with Gasteiger partial charge in [-0.05, 0) is 18.1 Å². The molecule has 0 aromatic carbocycles. The molecule has 0 bridgehead atoms. The van der Waals surface area contributed by atoms with Crippen molar-refractivity contribution in [2.75, 3.05) is 25.6 Å². The van der Waals surface area contributed by atoms with Gasteiger partial charge in [-0.25, -0.2) is 9.78 Å². The van der Waals surface area contributed by atoms with Gasteiger partial charge in [0, 0.05) is 13.7 Å². The van der Waals surface area contributed by atoms with Crippen LogP contribution in [0.15, 0.2) is 18.3 Å². The van der Waals surface area contributed by atoms with E-state index in [4.69, 9.17) is 9.84 Å². The number of nitrogens with zero attached hydrogens (tertiary/aromatic N) is 1. The van der Waals surface area contributed by atoms with Crippen molar-refractivity contribution in [3.63, 3.8) is 0 Å². The third-order valence-electron chi connectivity index (χ3n) is 2.09. The van der Waals surface area contributed by atoms with Crippen molar-refractivity contribution in [2.45, 2.75) is 6.92 Å². The van der Waals surface area contributed by atoms with Gasteiger partial charge in [-0.15, -0.1) is 0 Å². The first kappa shape index (κ1) is 12.4. The summed E-state index contributed by atoms with van der Waals surface area (Å²) >= 11 is 0. The highest BCUT2D eigenvalue weighted by Gasteiger charge is 2.04. The minimum atomic E-state index is -1.01. The van der Waals surface area contributed by atoms with Crippen molar-refractivity contribution in [1.82, 2.24) is 4.98 Å². The van der Waals surface area contributed by atoms with Crippen molar-refractivity contribution in [3.05, 3.63) is 24.0 Å². The minimum absolute atomic E-state index is 0.0514. The third kappa shape index (κ3) is 3.86. The van der Waals surface area contributed by atoms with E-state index in [-0.39, 0.29) is 5.69 Å². The summed E-state index contributed by atoms with van der Waals surface area (Å²) in [5.41, 5.74) is 0.864. The molecule has 0 saturated heterocycles. The van der Waals surface area contributed by atoms with Crippen LogP contribution in [-0.2, 0) is 4.74 Å². The van der Waals surface area contributed by atoms with Crippen LogP contribution in [0.4, 0.5) is 5.69 Å². The standard InChI is InChI=1S/C11H16N2O3/c1-8(7-16-2)5-12-9-3-4-10(11(14)15)13-6-9/h3-4,6,8,12H,5,7H2,1-2H3,(H,14,15). The molecule has 5 heteroatoms. The first-order chi connectivity index (χ1) is 7.63. The number of aromatic carboxylic acids is 1. The Bertz CT molecular complexity index is 338. The lowest BCUT2D eigenvalue weighted by atomic mass is 10.2. The molecule has 1 heterocycles. The molecular formula is C11H16N2O3. The summed E-state index contributed by atoms with van der Waals surface area (Å²) in [5, 5.41) is 11.8. The van der Waals surface area contributed by atoms with E-state index in [2.05, 4.69) is 17.2 Å². The molecule has 0 amide bonds. The maximum absolute atomic E-state index is 10.6. The number of hydrogen-bond donors (Lipinski definition) is 2. The summed E-state index contributed by atoms with van der Waals surface area (Å²) in [4.78, 5) is 14.4. The van der Waals surface area contributed by atoms with Gasteiger partial charge in [0.1, 0.15) is 5.69 Å². The number of pyridine rings is 1. The zero-order valence-electron chi connectivity index (χ0n) is 9.43. The number of carboxylic acid groups (broad SMARTS) is 1. The van der Waals surface area contributed by atoms with Crippen LogP contribution in [-0.4, -0.2) is 36.3 Å². The third-order valence-corrected chi connectivity index (χ3v) is 2.09. The predicted octanol–water partition coefficient (Wildman–Crippen LogP) is 1.47. The second-order valence-electron chi connectivity index (χ2n) is 3.68. The number of aromatic nitrogens is 1. The van der Waals surface area contributed by atoms with Crippen LogP contribution >= 0.6 is 0 Å². The summed E-state index contributed by atoms with van der Waals surface area (Å²) < 4.78 is 5.01. The Labute approximate surface area is 94.5 Å². The van der Waals surface area contributed by atoms with Crippen LogP contribution in [0, 0.1) is 5.92 Å². The number of rotatable bonds is 6. The average Bonchev–Trinajstić information content (AvgIpc) is 2.27. The fraction of sp³-hybridized carbons (Fsp3) is 0.455. The Morgan fingerprint density at radius 2 is 2.38 bits per heavy atom. The highest BCUT2D eigenvalue weighted by Crippen LogP contribution is 2.07. The molecule has 0 saturated carbocycles. The van der Waals surface area contributed by atoms with Gasteiger partial charge in [0.05, 0.1) is 18.5 Å². The fourth-order valence-corrected chi connectivity index (χ4v) is 1.26. The number of nitrogens with one attached hydrogen (secondary N) is 1. The van der Waals surface area contributed by atoms with Crippen molar-refractivity contribution in [2.24, 2.45) is 5.92 Å². The molecule has 1 aromatic rings.